The smallest absolute Gasteiger partial charge is 0.326 e. The van der Waals surface area contributed by atoms with Crippen molar-refractivity contribution >= 4 is 11.9 Å². The topological polar surface area (TPSA) is 92.4 Å². The number of carbonyl (C=O) groups is 2. The summed E-state index contributed by atoms with van der Waals surface area (Å²) in [5.74, 6) is -1.54. The molecule has 0 radical (unpaired) electrons. The number of nitrogens with one attached hydrogen (secondary N) is 1. The molecule has 20 heavy (non-hydrogen) atoms. The third-order valence-electron chi connectivity index (χ3n) is 2.94. The van der Waals surface area contributed by atoms with E-state index in [0.717, 1.165) is 5.56 Å². The number of aryl methyl sites for hydroxylation is 1. The summed E-state index contributed by atoms with van der Waals surface area (Å²) in [5.41, 5.74) is 6.87. The molecule has 0 aliphatic carbocycles. The highest BCUT2D eigenvalue weighted by Gasteiger charge is 2.21. The molecule has 1 rings (SSSR count). The Morgan fingerprint density at radius 3 is 2.55 bits per heavy atom. The molecule has 1 amide bonds. The average molecular weight is 276 g/mol. The number of hydrogen-bond donors (Lipinski definition) is 3. The van der Waals surface area contributed by atoms with Crippen LogP contribution in [0.25, 0.3) is 0 Å². The lowest BCUT2D eigenvalue weighted by Crippen LogP contribution is -2.48. The molecule has 0 aromatic heterocycles. The van der Waals surface area contributed by atoms with Gasteiger partial charge in [-0.2, -0.15) is 0 Å². The molecule has 5 heteroatoms. The summed E-state index contributed by atoms with van der Waals surface area (Å²) in [4.78, 5) is 22.7. The first-order chi connectivity index (χ1) is 9.54. The summed E-state index contributed by atoms with van der Waals surface area (Å²) in [7, 11) is 0. The minimum Gasteiger partial charge on any atom is -0.480 e. The number of carbonyl (C=O) groups excluding carboxylic acids is 1. The maximum atomic E-state index is 11.8. The summed E-state index contributed by atoms with van der Waals surface area (Å²) in [6.45, 7) is 3.47. The Morgan fingerprint density at radius 1 is 1.35 bits per heavy atom. The van der Waals surface area contributed by atoms with Gasteiger partial charge < -0.3 is 16.2 Å². The van der Waals surface area contributed by atoms with Gasteiger partial charge in [-0.05, 0) is 24.8 Å². The Labute approximate surface area is 118 Å². The first-order valence-corrected chi connectivity index (χ1v) is 6.48. The number of rotatable bonds is 8. The zero-order valence-electron chi connectivity index (χ0n) is 11.3. The number of amides is 1. The van der Waals surface area contributed by atoms with E-state index in [1.807, 2.05) is 30.3 Å². The summed E-state index contributed by atoms with van der Waals surface area (Å²) >= 11 is 0. The zero-order valence-corrected chi connectivity index (χ0v) is 11.3. The second-order valence-electron chi connectivity index (χ2n) is 4.55. The van der Waals surface area contributed by atoms with Crippen molar-refractivity contribution in [1.82, 2.24) is 5.32 Å². The molecular formula is C15H20N2O3. The summed E-state index contributed by atoms with van der Waals surface area (Å²) in [5, 5.41) is 11.4. The van der Waals surface area contributed by atoms with E-state index in [-0.39, 0.29) is 6.42 Å². The van der Waals surface area contributed by atoms with E-state index >= 15 is 0 Å². The maximum Gasteiger partial charge on any atom is 0.326 e. The maximum absolute atomic E-state index is 11.8. The fourth-order valence-electron chi connectivity index (χ4n) is 1.76. The van der Waals surface area contributed by atoms with Crippen LogP contribution in [0.3, 0.4) is 0 Å². The van der Waals surface area contributed by atoms with Crippen molar-refractivity contribution < 1.29 is 14.7 Å². The Balaban J connectivity index is 2.46. The number of carboxylic acid groups (broad SMARTS) is 1. The van der Waals surface area contributed by atoms with E-state index < -0.39 is 24.0 Å². The van der Waals surface area contributed by atoms with Crippen LogP contribution in [0.2, 0.25) is 0 Å². The molecular weight excluding hydrogens is 256 g/mol. The third-order valence-corrected chi connectivity index (χ3v) is 2.94. The van der Waals surface area contributed by atoms with Gasteiger partial charge in [-0.1, -0.05) is 36.4 Å². The van der Waals surface area contributed by atoms with Crippen molar-refractivity contribution in [3.05, 3.63) is 48.6 Å². The van der Waals surface area contributed by atoms with Crippen LogP contribution in [0.5, 0.6) is 0 Å². The lowest BCUT2D eigenvalue weighted by atomic mass is 10.0. The molecule has 0 saturated carbocycles. The molecule has 0 aliphatic rings. The van der Waals surface area contributed by atoms with Crippen molar-refractivity contribution in [2.24, 2.45) is 5.73 Å². The lowest BCUT2D eigenvalue weighted by Gasteiger charge is -2.16. The molecule has 0 aliphatic heterocycles. The summed E-state index contributed by atoms with van der Waals surface area (Å²) in [6, 6.07) is 7.99. The van der Waals surface area contributed by atoms with Gasteiger partial charge in [-0.3, -0.25) is 4.79 Å². The second kappa shape index (κ2) is 8.12. The van der Waals surface area contributed by atoms with E-state index in [0.29, 0.717) is 12.8 Å². The number of carboxylic acids is 1. The van der Waals surface area contributed by atoms with Gasteiger partial charge in [0.05, 0.1) is 6.04 Å². The molecule has 1 aromatic carbocycles. The zero-order chi connectivity index (χ0) is 15.0. The standard InChI is InChI=1S/C15H20N2O3/c1-2-6-13(15(19)20)17-14(18)12(16)10-9-11-7-4-3-5-8-11/h2-5,7-8,12-13H,1,6,9-10,16H2,(H,17,18)(H,19,20). The van der Waals surface area contributed by atoms with Crippen LogP contribution >= 0.6 is 0 Å². The Morgan fingerprint density at radius 2 is 2.00 bits per heavy atom. The van der Waals surface area contributed by atoms with Gasteiger partial charge in [-0.25, -0.2) is 4.79 Å². The molecule has 2 unspecified atom stereocenters. The minimum atomic E-state index is -1.09. The Bertz CT molecular complexity index is 459. The lowest BCUT2D eigenvalue weighted by molar-refractivity contribution is -0.141. The third kappa shape index (κ3) is 5.24. The fourth-order valence-corrected chi connectivity index (χ4v) is 1.76. The molecule has 0 saturated heterocycles. The SMILES string of the molecule is C=CCC(NC(=O)C(N)CCc1ccccc1)C(=O)O. The van der Waals surface area contributed by atoms with Crippen LogP contribution in [0.4, 0.5) is 0 Å². The molecule has 0 heterocycles. The Kier molecular flexibility index (Phi) is 6.46. The normalized spacial score (nSPS) is 13.2. The number of hydrogen-bond acceptors (Lipinski definition) is 3. The molecule has 0 spiro atoms. The monoisotopic (exact) mass is 276 g/mol. The van der Waals surface area contributed by atoms with Crippen LogP contribution in [-0.2, 0) is 16.0 Å². The largest absolute Gasteiger partial charge is 0.480 e. The average Bonchev–Trinajstić information content (AvgIpc) is 2.45. The van der Waals surface area contributed by atoms with Gasteiger partial charge in [0.25, 0.3) is 0 Å². The van der Waals surface area contributed by atoms with Crippen LogP contribution in [0.15, 0.2) is 43.0 Å². The van der Waals surface area contributed by atoms with E-state index in [1.54, 1.807) is 0 Å². The second-order valence-corrected chi connectivity index (χ2v) is 4.55. The number of benzene rings is 1. The van der Waals surface area contributed by atoms with Gasteiger partial charge in [0.2, 0.25) is 5.91 Å². The molecule has 2 atom stereocenters. The summed E-state index contributed by atoms with van der Waals surface area (Å²) in [6.07, 6.45) is 2.77. The van der Waals surface area contributed by atoms with Gasteiger partial charge in [-0.15, -0.1) is 6.58 Å². The van der Waals surface area contributed by atoms with Crippen LogP contribution < -0.4 is 11.1 Å². The fraction of sp³-hybridized carbons (Fsp3) is 0.333. The molecule has 1 aromatic rings. The highest BCUT2D eigenvalue weighted by atomic mass is 16.4. The van der Waals surface area contributed by atoms with Crippen molar-refractivity contribution in [3.63, 3.8) is 0 Å². The highest BCUT2D eigenvalue weighted by molar-refractivity contribution is 5.86. The van der Waals surface area contributed by atoms with Crippen molar-refractivity contribution in [1.29, 1.82) is 0 Å². The van der Waals surface area contributed by atoms with Gasteiger partial charge in [0, 0.05) is 0 Å². The van der Waals surface area contributed by atoms with E-state index in [9.17, 15) is 9.59 Å². The molecule has 4 N–H and O–H groups in total. The van der Waals surface area contributed by atoms with Crippen LogP contribution in [-0.4, -0.2) is 29.1 Å². The molecule has 5 nitrogen and oxygen atoms in total. The van der Waals surface area contributed by atoms with E-state index in [4.69, 9.17) is 10.8 Å². The summed E-state index contributed by atoms with van der Waals surface area (Å²) < 4.78 is 0. The van der Waals surface area contributed by atoms with E-state index in [1.165, 1.54) is 6.08 Å². The number of aliphatic carboxylic acids is 1. The Hall–Kier alpha value is -2.14. The predicted molar refractivity (Wildman–Crippen MR) is 77.1 cm³/mol. The predicted octanol–water partition coefficient (Wildman–Crippen LogP) is 1.09. The van der Waals surface area contributed by atoms with Crippen molar-refractivity contribution in [2.45, 2.75) is 31.3 Å². The molecule has 0 fully saturated rings. The van der Waals surface area contributed by atoms with Crippen LogP contribution in [0, 0.1) is 0 Å². The van der Waals surface area contributed by atoms with Gasteiger partial charge in [0.15, 0.2) is 0 Å². The van der Waals surface area contributed by atoms with Crippen molar-refractivity contribution in [2.75, 3.05) is 0 Å². The quantitative estimate of drug-likeness (QED) is 0.620. The first kappa shape index (κ1) is 15.9. The van der Waals surface area contributed by atoms with Crippen LogP contribution in [0.1, 0.15) is 18.4 Å². The molecule has 108 valence electrons. The highest BCUT2D eigenvalue weighted by Crippen LogP contribution is 2.04. The van der Waals surface area contributed by atoms with Gasteiger partial charge >= 0.3 is 5.97 Å². The minimum absolute atomic E-state index is 0.173. The van der Waals surface area contributed by atoms with Gasteiger partial charge in [0.1, 0.15) is 6.04 Å². The number of nitrogens with two attached hydrogens (primary N) is 1. The molecule has 0 bridgehead atoms. The van der Waals surface area contributed by atoms with Crippen molar-refractivity contribution in [3.8, 4) is 0 Å². The van der Waals surface area contributed by atoms with E-state index in [2.05, 4.69) is 11.9 Å². The first-order valence-electron chi connectivity index (χ1n) is 6.48.